The summed E-state index contributed by atoms with van der Waals surface area (Å²) in [6.07, 6.45) is -1.15. The van der Waals surface area contributed by atoms with Crippen LogP contribution >= 0.6 is 0 Å². The number of rotatable bonds is 8. The van der Waals surface area contributed by atoms with Crippen LogP contribution in [0.25, 0.3) is 0 Å². The van der Waals surface area contributed by atoms with Crippen LogP contribution < -0.4 is 4.90 Å². The number of anilines is 1. The van der Waals surface area contributed by atoms with Gasteiger partial charge in [-0.2, -0.15) is 0 Å². The van der Waals surface area contributed by atoms with E-state index in [1.165, 1.54) is 16.8 Å². The number of carboxylic acid groups (broad SMARTS) is 2. The van der Waals surface area contributed by atoms with E-state index in [1.807, 2.05) is 30.3 Å². The van der Waals surface area contributed by atoms with Crippen LogP contribution in [-0.4, -0.2) is 58.3 Å². The topological polar surface area (TPSA) is 101 Å². The number of para-hydroxylation sites is 1. The van der Waals surface area contributed by atoms with E-state index in [4.69, 9.17) is 10.2 Å². The third-order valence-electron chi connectivity index (χ3n) is 6.20. The Morgan fingerprint density at radius 1 is 0.750 bits per heavy atom. The molecule has 0 saturated carbocycles. The molecule has 0 aromatic heterocycles. The van der Waals surface area contributed by atoms with E-state index in [1.54, 1.807) is 0 Å². The van der Waals surface area contributed by atoms with Gasteiger partial charge in [0.25, 0.3) is 0 Å². The summed E-state index contributed by atoms with van der Waals surface area (Å²) in [6.45, 7) is 7.42. The molecule has 36 heavy (non-hydrogen) atoms. The maximum absolute atomic E-state index is 10.5. The number of carboxylic acids is 2. The van der Waals surface area contributed by atoms with E-state index in [0.29, 0.717) is 0 Å². The highest BCUT2D eigenvalue weighted by atomic mass is 16.4. The minimum absolute atomic E-state index is 0.296. The number of aryl methyl sites for hydroxylation is 1. The van der Waals surface area contributed by atoms with Crippen molar-refractivity contribution in [2.45, 2.75) is 32.4 Å². The Balaban J connectivity index is 0.000000392. The number of aliphatic hydroxyl groups excluding tert-OH is 1. The second kappa shape index (κ2) is 13.4. The summed E-state index contributed by atoms with van der Waals surface area (Å²) in [6, 6.07) is 26.9. The molecule has 1 heterocycles. The molecule has 0 amide bonds. The Hall–Kier alpha value is -3.68. The maximum Gasteiger partial charge on any atom is 0.303 e. The standard InChI is InChI=1S/C25H28N2O.C4H6O4/c1-20-7-5-6-10-24(20)27-17-15-26(16-18-27)19-21-11-13-23(14-12-21)25(28)22-8-3-2-4-9-22;5-3(6)1-2-4(7)8/h2-14,25,28H,15-19H2,1H3;1-2H2,(H,5,6)(H,7,8). The first kappa shape index (κ1) is 26.9. The summed E-state index contributed by atoms with van der Waals surface area (Å²) < 4.78 is 0. The van der Waals surface area contributed by atoms with E-state index in [-0.39, 0.29) is 12.8 Å². The SMILES string of the molecule is Cc1ccccc1N1CCN(Cc2ccc(C(O)c3ccccc3)cc2)CC1.O=C(O)CCC(=O)O. The van der Waals surface area contributed by atoms with Gasteiger partial charge in [0.2, 0.25) is 0 Å². The molecule has 3 N–H and O–H groups in total. The number of aliphatic carboxylic acids is 2. The summed E-state index contributed by atoms with van der Waals surface area (Å²) in [7, 11) is 0. The molecule has 3 aromatic rings. The van der Waals surface area contributed by atoms with Crippen LogP contribution in [-0.2, 0) is 16.1 Å². The zero-order chi connectivity index (χ0) is 25.9. The number of carbonyl (C=O) groups is 2. The molecule has 1 aliphatic heterocycles. The highest BCUT2D eigenvalue weighted by Crippen LogP contribution is 2.23. The minimum atomic E-state index is -1.08. The van der Waals surface area contributed by atoms with Crippen LogP contribution in [0, 0.1) is 6.92 Å². The van der Waals surface area contributed by atoms with Gasteiger partial charge in [0.05, 0.1) is 12.8 Å². The van der Waals surface area contributed by atoms with Crippen LogP contribution in [0.15, 0.2) is 78.9 Å². The zero-order valence-corrected chi connectivity index (χ0v) is 20.6. The summed E-state index contributed by atoms with van der Waals surface area (Å²) >= 11 is 0. The molecule has 0 spiro atoms. The lowest BCUT2D eigenvalue weighted by molar-refractivity contribution is -0.143. The van der Waals surface area contributed by atoms with E-state index in [2.05, 4.69) is 65.3 Å². The van der Waals surface area contributed by atoms with Crippen molar-refractivity contribution >= 4 is 17.6 Å². The molecule has 4 rings (SSSR count). The van der Waals surface area contributed by atoms with E-state index >= 15 is 0 Å². The molecule has 1 unspecified atom stereocenters. The number of hydrogen-bond donors (Lipinski definition) is 3. The Morgan fingerprint density at radius 2 is 1.28 bits per heavy atom. The number of benzene rings is 3. The van der Waals surface area contributed by atoms with Crippen molar-refractivity contribution in [2.75, 3.05) is 31.1 Å². The fourth-order valence-corrected chi connectivity index (χ4v) is 4.17. The lowest BCUT2D eigenvalue weighted by Crippen LogP contribution is -2.46. The smallest absolute Gasteiger partial charge is 0.303 e. The van der Waals surface area contributed by atoms with Crippen LogP contribution in [0.3, 0.4) is 0 Å². The van der Waals surface area contributed by atoms with Crippen molar-refractivity contribution in [1.82, 2.24) is 4.90 Å². The van der Waals surface area contributed by atoms with Crippen LogP contribution in [0.2, 0.25) is 0 Å². The van der Waals surface area contributed by atoms with Gasteiger partial charge in [-0.3, -0.25) is 14.5 Å². The van der Waals surface area contributed by atoms with Gasteiger partial charge in [-0.25, -0.2) is 0 Å². The zero-order valence-electron chi connectivity index (χ0n) is 20.6. The molecular weight excluding hydrogens is 456 g/mol. The highest BCUT2D eigenvalue weighted by Gasteiger charge is 2.18. The fraction of sp³-hybridized carbons (Fsp3) is 0.310. The summed E-state index contributed by atoms with van der Waals surface area (Å²) in [4.78, 5) is 24.3. The first-order valence-corrected chi connectivity index (χ1v) is 12.1. The molecule has 0 aliphatic carbocycles. The first-order chi connectivity index (χ1) is 17.3. The molecule has 1 saturated heterocycles. The number of piperazine rings is 1. The molecular formula is C29H34N2O5. The van der Waals surface area contributed by atoms with Gasteiger partial charge < -0.3 is 20.2 Å². The van der Waals surface area contributed by atoms with Gasteiger partial charge >= 0.3 is 11.9 Å². The van der Waals surface area contributed by atoms with Crippen molar-refractivity contribution in [3.8, 4) is 0 Å². The average molecular weight is 491 g/mol. The third-order valence-corrected chi connectivity index (χ3v) is 6.20. The van der Waals surface area contributed by atoms with Gasteiger partial charge in [-0.05, 0) is 35.2 Å². The van der Waals surface area contributed by atoms with E-state index < -0.39 is 18.0 Å². The van der Waals surface area contributed by atoms with Crippen molar-refractivity contribution in [2.24, 2.45) is 0 Å². The Kier molecular flexibility index (Phi) is 10.0. The van der Waals surface area contributed by atoms with Crippen molar-refractivity contribution in [3.05, 3.63) is 101 Å². The molecule has 0 bridgehead atoms. The van der Waals surface area contributed by atoms with Crippen LogP contribution in [0.1, 0.15) is 41.2 Å². The minimum Gasteiger partial charge on any atom is -0.481 e. The second-order valence-electron chi connectivity index (χ2n) is 8.89. The van der Waals surface area contributed by atoms with Crippen molar-refractivity contribution in [3.63, 3.8) is 0 Å². The van der Waals surface area contributed by atoms with E-state index in [0.717, 1.165) is 43.9 Å². The monoisotopic (exact) mass is 490 g/mol. The van der Waals surface area contributed by atoms with Crippen LogP contribution in [0.5, 0.6) is 0 Å². The van der Waals surface area contributed by atoms with Gasteiger partial charge in [0.1, 0.15) is 6.10 Å². The number of nitrogens with zero attached hydrogens (tertiary/aromatic N) is 2. The van der Waals surface area contributed by atoms with Gasteiger partial charge in [0, 0.05) is 38.4 Å². The summed E-state index contributed by atoms with van der Waals surface area (Å²) in [5.74, 6) is -2.15. The molecule has 1 atom stereocenters. The lowest BCUT2D eigenvalue weighted by atomic mass is 10.0. The summed E-state index contributed by atoms with van der Waals surface area (Å²) in [5.41, 5.74) is 5.89. The first-order valence-electron chi connectivity index (χ1n) is 12.1. The largest absolute Gasteiger partial charge is 0.481 e. The van der Waals surface area contributed by atoms with Crippen molar-refractivity contribution in [1.29, 1.82) is 0 Å². The Labute approximate surface area is 212 Å². The second-order valence-corrected chi connectivity index (χ2v) is 8.89. The maximum atomic E-state index is 10.5. The van der Waals surface area contributed by atoms with Gasteiger partial charge in [-0.1, -0.05) is 72.8 Å². The molecule has 1 fully saturated rings. The normalized spacial score (nSPS) is 14.4. The molecule has 190 valence electrons. The average Bonchev–Trinajstić information content (AvgIpc) is 2.89. The quantitative estimate of drug-likeness (QED) is 0.432. The lowest BCUT2D eigenvalue weighted by Gasteiger charge is -2.36. The van der Waals surface area contributed by atoms with Gasteiger partial charge in [-0.15, -0.1) is 0 Å². The molecule has 7 nitrogen and oxygen atoms in total. The summed E-state index contributed by atoms with van der Waals surface area (Å²) in [5, 5.41) is 26.3. The molecule has 7 heteroatoms. The van der Waals surface area contributed by atoms with Crippen molar-refractivity contribution < 1.29 is 24.9 Å². The predicted octanol–water partition coefficient (Wildman–Crippen LogP) is 4.33. The Morgan fingerprint density at radius 3 is 1.83 bits per heavy atom. The van der Waals surface area contributed by atoms with Gasteiger partial charge in [0.15, 0.2) is 0 Å². The fourth-order valence-electron chi connectivity index (χ4n) is 4.17. The molecule has 0 radical (unpaired) electrons. The molecule has 3 aromatic carbocycles. The van der Waals surface area contributed by atoms with Crippen LogP contribution in [0.4, 0.5) is 5.69 Å². The highest BCUT2D eigenvalue weighted by molar-refractivity contribution is 5.75. The third kappa shape index (κ3) is 8.22. The Bertz CT molecular complexity index is 1100. The van der Waals surface area contributed by atoms with E-state index in [9.17, 15) is 14.7 Å². The molecule has 1 aliphatic rings. The predicted molar refractivity (Wildman–Crippen MR) is 140 cm³/mol. The number of aliphatic hydroxyl groups is 1. The number of hydrogen-bond acceptors (Lipinski definition) is 5.